The van der Waals surface area contributed by atoms with Gasteiger partial charge in [-0.25, -0.2) is 0 Å². The third-order valence-corrected chi connectivity index (χ3v) is 6.66. The fourth-order valence-corrected chi connectivity index (χ4v) is 4.86. The number of rotatable bonds is 1. The first-order valence-electron chi connectivity index (χ1n) is 11.9. The van der Waals surface area contributed by atoms with Crippen molar-refractivity contribution in [3.63, 3.8) is 0 Å². The summed E-state index contributed by atoms with van der Waals surface area (Å²) < 4.78 is 12.0. The van der Waals surface area contributed by atoms with Gasteiger partial charge in [-0.05, 0) is 48.8 Å². The lowest BCUT2D eigenvalue weighted by Gasteiger charge is -2.41. The topological polar surface area (TPSA) is 80.8 Å². The predicted molar refractivity (Wildman–Crippen MR) is 129 cm³/mol. The third kappa shape index (κ3) is 4.48. The molecule has 7 nitrogen and oxygen atoms in total. The molecule has 0 aliphatic carbocycles. The van der Waals surface area contributed by atoms with Crippen LogP contribution in [0, 0.1) is 0 Å². The first-order chi connectivity index (χ1) is 16.7. The van der Waals surface area contributed by atoms with E-state index in [1.807, 2.05) is 48.5 Å². The zero-order valence-corrected chi connectivity index (χ0v) is 19.2. The Kier molecular flexibility index (Phi) is 6.45. The van der Waals surface area contributed by atoms with Gasteiger partial charge in [0, 0.05) is 18.1 Å². The van der Waals surface area contributed by atoms with E-state index in [0.29, 0.717) is 38.4 Å². The number of ether oxygens (including phenoxy) is 2. The fraction of sp³-hybridized carbons (Fsp3) is 0.370. The summed E-state index contributed by atoms with van der Waals surface area (Å²) in [4.78, 5) is 32.9. The number of hydrogen-bond donors (Lipinski definition) is 1. The van der Waals surface area contributed by atoms with Gasteiger partial charge in [-0.3, -0.25) is 14.6 Å². The number of fused-ring (bicyclic) bond motifs is 2. The maximum Gasteiger partial charge on any atom is 0.273 e. The van der Waals surface area contributed by atoms with E-state index in [9.17, 15) is 9.59 Å². The molecule has 2 aliphatic heterocycles. The number of carbonyl (C=O) groups excluding carboxylic acids is 2. The molecule has 1 N–H and O–H groups in total. The van der Waals surface area contributed by atoms with Gasteiger partial charge < -0.3 is 19.7 Å². The zero-order chi connectivity index (χ0) is 23.4. The van der Waals surface area contributed by atoms with Crippen molar-refractivity contribution in [2.24, 2.45) is 0 Å². The van der Waals surface area contributed by atoms with Crippen LogP contribution in [0.25, 0.3) is 10.8 Å². The molecule has 7 heteroatoms. The lowest BCUT2D eigenvalue weighted by molar-refractivity contribution is -0.159. The number of nitrogens with zero attached hydrogens (tertiary/aromatic N) is 2. The lowest BCUT2D eigenvalue weighted by atomic mass is 9.91. The Labute approximate surface area is 199 Å². The van der Waals surface area contributed by atoms with Crippen LogP contribution in [-0.2, 0) is 16.0 Å². The first-order valence-corrected chi connectivity index (χ1v) is 11.9. The molecule has 2 aliphatic rings. The van der Waals surface area contributed by atoms with Gasteiger partial charge in [-0.15, -0.1) is 0 Å². The fourth-order valence-electron chi connectivity index (χ4n) is 4.86. The van der Waals surface area contributed by atoms with E-state index < -0.39 is 5.60 Å². The number of benzene rings is 2. The number of para-hydroxylation sites is 1. The summed E-state index contributed by atoms with van der Waals surface area (Å²) in [5.74, 6) is 0.518. The second-order valence-corrected chi connectivity index (χ2v) is 8.87. The van der Waals surface area contributed by atoms with Gasteiger partial charge in [0.15, 0.2) is 5.60 Å². The highest BCUT2D eigenvalue weighted by atomic mass is 16.5. The van der Waals surface area contributed by atoms with E-state index in [2.05, 4.69) is 16.4 Å². The van der Waals surface area contributed by atoms with E-state index in [1.54, 1.807) is 11.1 Å². The molecule has 3 heterocycles. The summed E-state index contributed by atoms with van der Waals surface area (Å²) >= 11 is 0. The van der Waals surface area contributed by atoms with Crippen LogP contribution in [0.2, 0.25) is 0 Å². The Morgan fingerprint density at radius 2 is 1.88 bits per heavy atom. The summed E-state index contributed by atoms with van der Waals surface area (Å²) in [5, 5.41) is 4.76. The molecule has 1 aromatic heterocycles. The molecule has 1 atom stereocenters. The average molecular weight is 460 g/mol. The van der Waals surface area contributed by atoms with Crippen molar-refractivity contribution in [1.29, 1.82) is 0 Å². The van der Waals surface area contributed by atoms with E-state index in [4.69, 9.17) is 9.47 Å². The molecule has 1 unspecified atom stereocenters. The van der Waals surface area contributed by atoms with Crippen molar-refractivity contribution in [3.05, 3.63) is 72.1 Å². The number of pyridine rings is 1. The molecule has 1 fully saturated rings. The minimum Gasteiger partial charge on any atom is -0.491 e. The number of morpholine rings is 1. The van der Waals surface area contributed by atoms with Crippen molar-refractivity contribution >= 4 is 22.6 Å². The van der Waals surface area contributed by atoms with Crippen molar-refractivity contribution in [1.82, 2.24) is 15.2 Å². The van der Waals surface area contributed by atoms with Crippen LogP contribution < -0.4 is 10.1 Å². The smallest absolute Gasteiger partial charge is 0.273 e. The largest absolute Gasteiger partial charge is 0.491 e. The molecule has 2 aromatic carbocycles. The average Bonchev–Trinajstić information content (AvgIpc) is 2.88. The summed E-state index contributed by atoms with van der Waals surface area (Å²) in [7, 11) is 0. The Morgan fingerprint density at radius 1 is 1.03 bits per heavy atom. The maximum absolute atomic E-state index is 13.5. The number of carbonyl (C=O) groups is 2. The van der Waals surface area contributed by atoms with Crippen molar-refractivity contribution in [3.8, 4) is 5.75 Å². The molecule has 1 spiro atoms. The van der Waals surface area contributed by atoms with E-state index in [1.165, 1.54) is 5.56 Å². The van der Waals surface area contributed by atoms with Gasteiger partial charge in [0.1, 0.15) is 18.1 Å². The van der Waals surface area contributed by atoms with Gasteiger partial charge in [-0.1, -0.05) is 42.5 Å². The Hall–Kier alpha value is -3.45. The monoisotopic (exact) mass is 459 g/mol. The molecule has 0 bridgehead atoms. The number of nitrogens with one attached hydrogen (secondary N) is 1. The van der Waals surface area contributed by atoms with Crippen molar-refractivity contribution in [2.45, 2.75) is 31.3 Å². The van der Waals surface area contributed by atoms with Crippen LogP contribution in [0.15, 0.2) is 60.8 Å². The summed E-state index contributed by atoms with van der Waals surface area (Å²) in [6.07, 6.45) is 4.78. The standard InChI is InChI=1S/C27H29N3O4/c31-25(24-22-10-3-1-7-20(22)12-14-28-24)30-16-18-34-27(19-30)13-6-5-9-21-8-2-4-11-23(21)33-17-15-29-26(27)32/h1-4,7-8,10-12,14H,5-6,9,13,15-19H2,(H,29,32). The van der Waals surface area contributed by atoms with E-state index >= 15 is 0 Å². The Bertz CT molecular complexity index is 1190. The second-order valence-electron chi connectivity index (χ2n) is 8.87. The minimum atomic E-state index is -1.07. The van der Waals surface area contributed by atoms with Crippen LogP contribution in [0.3, 0.4) is 0 Å². The van der Waals surface area contributed by atoms with Crippen molar-refractivity contribution < 1.29 is 19.1 Å². The molecule has 176 valence electrons. The number of amides is 2. The van der Waals surface area contributed by atoms with Crippen molar-refractivity contribution in [2.75, 3.05) is 32.8 Å². The Morgan fingerprint density at radius 3 is 2.82 bits per heavy atom. The highest BCUT2D eigenvalue weighted by molar-refractivity contribution is 6.05. The third-order valence-electron chi connectivity index (χ3n) is 6.66. The quantitative estimate of drug-likeness (QED) is 0.604. The van der Waals surface area contributed by atoms with Gasteiger partial charge in [0.25, 0.3) is 11.8 Å². The van der Waals surface area contributed by atoms with Gasteiger partial charge in [0.05, 0.1) is 19.7 Å². The molecule has 34 heavy (non-hydrogen) atoms. The van der Waals surface area contributed by atoms with E-state index in [-0.39, 0.29) is 18.4 Å². The minimum absolute atomic E-state index is 0.171. The second kappa shape index (κ2) is 9.81. The zero-order valence-electron chi connectivity index (χ0n) is 19.2. The molecule has 1 saturated heterocycles. The Balaban J connectivity index is 1.36. The van der Waals surface area contributed by atoms with Crippen LogP contribution >= 0.6 is 0 Å². The molecule has 5 rings (SSSR count). The highest BCUT2D eigenvalue weighted by Crippen LogP contribution is 2.29. The lowest BCUT2D eigenvalue weighted by Crippen LogP contribution is -2.61. The highest BCUT2D eigenvalue weighted by Gasteiger charge is 2.44. The number of aromatic nitrogens is 1. The van der Waals surface area contributed by atoms with Crippen LogP contribution in [0.4, 0.5) is 0 Å². The maximum atomic E-state index is 13.5. The van der Waals surface area contributed by atoms with Gasteiger partial charge >= 0.3 is 0 Å². The van der Waals surface area contributed by atoms with Gasteiger partial charge in [0.2, 0.25) is 0 Å². The molecular formula is C27H29N3O4. The van der Waals surface area contributed by atoms with Crippen LogP contribution in [0.5, 0.6) is 5.75 Å². The molecule has 0 radical (unpaired) electrons. The van der Waals surface area contributed by atoms with Gasteiger partial charge in [-0.2, -0.15) is 0 Å². The van der Waals surface area contributed by atoms with Crippen LogP contribution in [-0.4, -0.2) is 60.1 Å². The number of aryl methyl sites for hydroxylation is 1. The predicted octanol–water partition coefficient (Wildman–Crippen LogP) is 3.37. The summed E-state index contributed by atoms with van der Waals surface area (Å²) in [6.45, 7) is 1.69. The normalized spacial score (nSPS) is 21.6. The van der Waals surface area contributed by atoms with E-state index in [0.717, 1.165) is 35.8 Å². The SMILES string of the molecule is O=C(c1nccc2ccccc12)N1CCOC2(CCCCc3ccccc3OCCNC2=O)C1. The summed E-state index contributed by atoms with van der Waals surface area (Å²) in [5.41, 5.74) is 0.512. The molecule has 3 aromatic rings. The van der Waals surface area contributed by atoms with Crippen LogP contribution in [0.1, 0.15) is 35.3 Å². The number of hydrogen-bond acceptors (Lipinski definition) is 5. The molecule has 0 saturated carbocycles. The molecule has 2 amide bonds. The summed E-state index contributed by atoms with van der Waals surface area (Å²) in [6, 6.07) is 17.7. The molecular weight excluding hydrogens is 430 g/mol. The first kappa shape index (κ1) is 22.3.